The SMILES string of the molecule is Cc1cc(C)c(C(=O)OCc2cccc(Br)c2)cc1N. The van der Waals surface area contributed by atoms with Crippen molar-refractivity contribution in [2.24, 2.45) is 0 Å². The third kappa shape index (κ3) is 3.39. The number of ether oxygens (including phenoxy) is 1. The van der Waals surface area contributed by atoms with Crippen molar-refractivity contribution in [3.63, 3.8) is 0 Å². The van der Waals surface area contributed by atoms with E-state index < -0.39 is 0 Å². The molecule has 0 radical (unpaired) electrons. The molecule has 0 aliphatic rings. The van der Waals surface area contributed by atoms with Crippen LogP contribution in [0.1, 0.15) is 27.0 Å². The molecule has 0 aromatic heterocycles. The minimum Gasteiger partial charge on any atom is -0.457 e. The van der Waals surface area contributed by atoms with E-state index in [0.29, 0.717) is 11.3 Å². The maximum absolute atomic E-state index is 12.1. The third-order valence-corrected chi connectivity index (χ3v) is 3.59. The third-order valence-electron chi connectivity index (χ3n) is 3.09. The minimum absolute atomic E-state index is 0.242. The molecule has 0 saturated carbocycles. The smallest absolute Gasteiger partial charge is 0.338 e. The van der Waals surface area contributed by atoms with E-state index in [1.807, 2.05) is 44.2 Å². The van der Waals surface area contributed by atoms with Crippen molar-refractivity contribution in [2.45, 2.75) is 20.5 Å². The number of hydrogen-bond acceptors (Lipinski definition) is 3. The number of halogens is 1. The minimum atomic E-state index is -0.353. The fraction of sp³-hybridized carbons (Fsp3) is 0.188. The summed E-state index contributed by atoms with van der Waals surface area (Å²) in [6.45, 7) is 4.03. The van der Waals surface area contributed by atoms with Crippen LogP contribution in [0.4, 0.5) is 5.69 Å². The summed E-state index contributed by atoms with van der Waals surface area (Å²) >= 11 is 3.39. The molecule has 104 valence electrons. The van der Waals surface area contributed by atoms with E-state index in [1.54, 1.807) is 6.07 Å². The Balaban J connectivity index is 2.11. The molecule has 0 atom stereocenters. The average Bonchev–Trinajstić information content (AvgIpc) is 2.40. The Bertz CT molecular complexity index is 653. The molecule has 4 heteroatoms. The molecule has 2 rings (SSSR count). The number of aryl methyl sites for hydroxylation is 2. The van der Waals surface area contributed by atoms with Crippen LogP contribution in [0.5, 0.6) is 0 Å². The van der Waals surface area contributed by atoms with Crippen LogP contribution in [0.3, 0.4) is 0 Å². The molecule has 0 bridgehead atoms. The van der Waals surface area contributed by atoms with Crippen LogP contribution in [-0.4, -0.2) is 5.97 Å². The fourth-order valence-electron chi connectivity index (χ4n) is 1.94. The summed E-state index contributed by atoms with van der Waals surface area (Å²) < 4.78 is 6.29. The molecule has 0 aliphatic heterocycles. The molecule has 0 amide bonds. The zero-order chi connectivity index (χ0) is 14.7. The van der Waals surface area contributed by atoms with Crippen LogP contribution in [0, 0.1) is 13.8 Å². The topological polar surface area (TPSA) is 52.3 Å². The summed E-state index contributed by atoms with van der Waals surface area (Å²) in [4.78, 5) is 12.1. The number of esters is 1. The summed E-state index contributed by atoms with van der Waals surface area (Å²) in [5, 5.41) is 0. The van der Waals surface area contributed by atoms with Gasteiger partial charge in [-0.2, -0.15) is 0 Å². The molecule has 0 saturated heterocycles. The van der Waals surface area contributed by atoms with E-state index in [0.717, 1.165) is 21.2 Å². The molecule has 0 spiro atoms. The number of rotatable bonds is 3. The van der Waals surface area contributed by atoms with Crippen molar-refractivity contribution in [3.05, 3.63) is 63.1 Å². The van der Waals surface area contributed by atoms with Crippen LogP contribution in [0.15, 0.2) is 40.9 Å². The lowest BCUT2D eigenvalue weighted by atomic mass is 10.0. The van der Waals surface area contributed by atoms with E-state index >= 15 is 0 Å². The first kappa shape index (κ1) is 14.6. The highest BCUT2D eigenvalue weighted by Gasteiger charge is 2.12. The van der Waals surface area contributed by atoms with Crippen molar-refractivity contribution in [1.29, 1.82) is 0 Å². The highest BCUT2D eigenvalue weighted by Crippen LogP contribution is 2.19. The second-order valence-electron chi connectivity index (χ2n) is 4.73. The Hall–Kier alpha value is -1.81. The predicted molar refractivity (Wildman–Crippen MR) is 83.6 cm³/mol. The highest BCUT2D eigenvalue weighted by atomic mass is 79.9. The number of nitrogens with two attached hydrogens (primary N) is 1. The van der Waals surface area contributed by atoms with Crippen LogP contribution >= 0.6 is 15.9 Å². The van der Waals surface area contributed by atoms with E-state index in [9.17, 15) is 4.79 Å². The van der Waals surface area contributed by atoms with E-state index in [2.05, 4.69) is 15.9 Å². The molecule has 20 heavy (non-hydrogen) atoms. The average molecular weight is 334 g/mol. The number of carbonyl (C=O) groups excluding carboxylic acids is 1. The quantitative estimate of drug-likeness (QED) is 0.682. The molecule has 2 aromatic carbocycles. The van der Waals surface area contributed by atoms with Crippen LogP contribution < -0.4 is 5.73 Å². The van der Waals surface area contributed by atoms with Gasteiger partial charge < -0.3 is 10.5 Å². The van der Waals surface area contributed by atoms with Gasteiger partial charge in [0.05, 0.1) is 5.56 Å². The fourth-order valence-corrected chi connectivity index (χ4v) is 2.39. The van der Waals surface area contributed by atoms with Gasteiger partial charge in [0.25, 0.3) is 0 Å². The van der Waals surface area contributed by atoms with Crippen molar-refractivity contribution in [2.75, 3.05) is 5.73 Å². The lowest BCUT2D eigenvalue weighted by molar-refractivity contribution is 0.0472. The van der Waals surface area contributed by atoms with E-state index in [-0.39, 0.29) is 12.6 Å². The van der Waals surface area contributed by atoms with E-state index in [1.165, 1.54) is 0 Å². The number of carbonyl (C=O) groups is 1. The van der Waals surface area contributed by atoms with Crippen molar-refractivity contribution in [1.82, 2.24) is 0 Å². The number of hydrogen-bond donors (Lipinski definition) is 1. The zero-order valence-corrected chi connectivity index (χ0v) is 13.0. The van der Waals surface area contributed by atoms with Crippen LogP contribution in [-0.2, 0) is 11.3 Å². The van der Waals surface area contributed by atoms with Gasteiger partial charge in [0.1, 0.15) is 6.61 Å². The maximum atomic E-state index is 12.1. The first-order valence-electron chi connectivity index (χ1n) is 6.25. The van der Waals surface area contributed by atoms with Gasteiger partial charge in [-0.25, -0.2) is 4.79 Å². The van der Waals surface area contributed by atoms with Gasteiger partial charge >= 0.3 is 5.97 Å². The first-order valence-corrected chi connectivity index (χ1v) is 7.05. The normalized spacial score (nSPS) is 10.3. The zero-order valence-electron chi connectivity index (χ0n) is 11.4. The monoisotopic (exact) mass is 333 g/mol. The van der Waals surface area contributed by atoms with Gasteiger partial charge in [0.15, 0.2) is 0 Å². The Morgan fingerprint density at radius 1 is 1.20 bits per heavy atom. The Kier molecular flexibility index (Phi) is 4.45. The second kappa shape index (κ2) is 6.09. The largest absolute Gasteiger partial charge is 0.457 e. The lowest BCUT2D eigenvalue weighted by Gasteiger charge is -2.10. The van der Waals surface area contributed by atoms with Gasteiger partial charge in [0, 0.05) is 10.2 Å². The lowest BCUT2D eigenvalue weighted by Crippen LogP contribution is -2.08. The summed E-state index contributed by atoms with van der Waals surface area (Å²) in [5.41, 5.74) is 9.73. The molecule has 0 heterocycles. The molecule has 2 N–H and O–H groups in total. The maximum Gasteiger partial charge on any atom is 0.338 e. The summed E-state index contributed by atoms with van der Waals surface area (Å²) in [7, 11) is 0. The number of nitrogen functional groups attached to an aromatic ring is 1. The van der Waals surface area contributed by atoms with Gasteiger partial charge in [0.2, 0.25) is 0 Å². The van der Waals surface area contributed by atoms with Crippen molar-refractivity contribution in [3.8, 4) is 0 Å². The molecule has 0 fully saturated rings. The first-order chi connectivity index (χ1) is 9.47. The summed E-state index contributed by atoms with van der Waals surface area (Å²) in [5.74, 6) is -0.353. The molecule has 2 aromatic rings. The molecule has 0 unspecified atom stereocenters. The molecule has 0 aliphatic carbocycles. The molecule has 3 nitrogen and oxygen atoms in total. The summed E-state index contributed by atoms with van der Waals surface area (Å²) in [6, 6.07) is 11.2. The van der Waals surface area contributed by atoms with Crippen molar-refractivity contribution >= 4 is 27.6 Å². The standard InChI is InChI=1S/C16H16BrNO2/c1-10-6-11(2)15(18)8-14(10)16(19)20-9-12-4-3-5-13(17)7-12/h3-8H,9,18H2,1-2H3. The van der Waals surface area contributed by atoms with Gasteiger partial charge in [-0.3, -0.25) is 0 Å². The summed E-state index contributed by atoms with van der Waals surface area (Å²) in [6.07, 6.45) is 0. The Morgan fingerprint density at radius 2 is 1.95 bits per heavy atom. The van der Waals surface area contributed by atoms with E-state index in [4.69, 9.17) is 10.5 Å². The number of anilines is 1. The second-order valence-corrected chi connectivity index (χ2v) is 5.65. The molecular weight excluding hydrogens is 318 g/mol. The molecular formula is C16H16BrNO2. The number of benzene rings is 2. The van der Waals surface area contributed by atoms with Crippen LogP contribution in [0.25, 0.3) is 0 Å². The van der Waals surface area contributed by atoms with Gasteiger partial charge in [-0.15, -0.1) is 0 Å². The van der Waals surface area contributed by atoms with Crippen LogP contribution in [0.2, 0.25) is 0 Å². The van der Waals surface area contributed by atoms with Gasteiger partial charge in [-0.05, 0) is 48.7 Å². The van der Waals surface area contributed by atoms with Crippen molar-refractivity contribution < 1.29 is 9.53 Å². The predicted octanol–water partition coefficient (Wildman–Crippen LogP) is 4.01. The van der Waals surface area contributed by atoms with Gasteiger partial charge in [-0.1, -0.05) is 34.1 Å². The highest BCUT2D eigenvalue weighted by molar-refractivity contribution is 9.10. The Morgan fingerprint density at radius 3 is 2.65 bits per heavy atom. The Labute approximate surface area is 126 Å².